The molecule has 33 heavy (non-hydrogen) atoms. The van der Waals surface area contributed by atoms with Crippen LogP contribution in [0.25, 0.3) is 33.5 Å². The van der Waals surface area contributed by atoms with Gasteiger partial charge in [0.15, 0.2) is 17.2 Å². The summed E-state index contributed by atoms with van der Waals surface area (Å²) in [6.07, 6.45) is 0. The van der Waals surface area contributed by atoms with Crippen LogP contribution in [0.2, 0.25) is 0 Å². The Morgan fingerprint density at radius 3 is 2.27 bits per heavy atom. The largest absolute Gasteiger partial charge is 0.450 e. The highest BCUT2D eigenvalue weighted by Crippen LogP contribution is 2.35. The number of rotatable bonds is 3. The summed E-state index contributed by atoms with van der Waals surface area (Å²) in [4.78, 5) is 14.7. The molecule has 6 rings (SSSR count). The van der Waals surface area contributed by atoms with Crippen molar-refractivity contribution in [2.24, 2.45) is 0 Å². The number of fused-ring (bicyclic) bond motifs is 3. The number of para-hydroxylation sites is 1. The topological polar surface area (TPSA) is 45.4 Å². The van der Waals surface area contributed by atoms with Crippen LogP contribution in [0.1, 0.15) is 5.56 Å². The third-order valence-corrected chi connectivity index (χ3v) is 6.18. The molecule has 6 heteroatoms. The molecule has 0 N–H and O–H groups in total. The zero-order valence-corrected chi connectivity index (χ0v) is 19.3. The van der Waals surface area contributed by atoms with E-state index in [1.807, 2.05) is 36.4 Å². The first kappa shape index (κ1) is 21.3. The molecule has 0 saturated carbocycles. The average molecular weight is 457 g/mol. The summed E-state index contributed by atoms with van der Waals surface area (Å²) in [6.45, 7) is 5.78. The Morgan fingerprint density at radius 1 is 0.758 bits per heavy atom. The van der Waals surface area contributed by atoms with Crippen molar-refractivity contribution < 1.29 is 4.42 Å². The van der Waals surface area contributed by atoms with E-state index in [0.29, 0.717) is 0 Å². The van der Waals surface area contributed by atoms with Gasteiger partial charge >= 0.3 is 0 Å². The van der Waals surface area contributed by atoms with Gasteiger partial charge in [-0.15, -0.1) is 12.4 Å². The van der Waals surface area contributed by atoms with Gasteiger partial charge < -0.3 is 14.2 Å². The van der Waals surface area contributed by atoms with Crippen molar-refractivity contribution in [2.45, 2.75) is 6.92 Å². The third kappa shape index (κ3) is 3.89. The number of piperazine rings is 1. The van der Waals surface area contributed by atoms with E-state index in [1.165, 1.54) is 11.3 Å². The first-order chi connectivity index (χ1) is 15.8. The zero-order valence-electron chi connectivity index (χ0n) is 18.4. The van der Waals surface area contributed by atoms with E-state index in [4.69, 9.17) is 14.4 Å². The lowest BCUT2D eigenvalue weighted by Gasteiger charge is -2.36. The van der Waals surface area contributed by atoms with Gasteiger partial charge in [0.1, 0.15) is 11.1 Å². The standard InChI is InChI=1S/C27H24N4O.ClH/c1-19-8-7-11-21(18-19)30-14-16-31(17-15-30)27-25-24(22-12-5-6-13-23(22)32-25)28-26(29-27)20-9-3-2-4-10-20;/h2-13,18H,14-17H2,1H3;1H. The molecule has 0 amide bonds. The fraction of sp³-hybridized carbons (Fsp3) is 0.185. The van der Waals surface area contributed by atoms with E-state index < -0.39 is 0 Å². The molecule has 0 spiro atoms. The summed E-state index contributed by atoms with van der Waals surface area (Å²) in [6, 6.07) is 27.0. The van der Waals surface area contributed by atoms with Crippen LogP contribution in [0.3, 0.4) is 0 Å². The lowest BCUT2D eigenvalue weighted by Crippen LogP contribution is -2.47. The number of anilines is 2. The normalized spacial score (nSPS) is 14.0. The summed E-state index contributed by atoms with van der Waals surface area (Å²) >= 11 is 0. The second-order valence-electron chi connectivity index (χ2n) is 8.33. The van der Waals surface area contributed by atoms with Gasteiger partial charge in [-0.1, -0.05) is 54.6 Å². The molecule has 0 radical (unpaired) electrons. The van der Waals surface area contributed by atoms with Crippen LogP contribution < -0.4 is 9.80 Å². The number of aromatic nitrogens is 2. The Kier molecular flexibility index (Phi) is 5.65. The fourth-order valence-electron chi connectivity index (χ4n) is 4.51. The maximum Gasteiger partial charge on any atom is 0.196 e. The molecule has 0 bridgehead atoms. The SMILES string of the molecule is Cc1cccc(N2CCN(c3nc(-c4ccccc4)nc4c3oc3ccccc34)CC2)c1.Cl. The molecule has 166 valence electrons. The predicted molar refractivity (Wildman–Crippen MR) is 138 cm³/mol. The van der Waals surface area contributed by atoms with Crippen LogP contribution in [-0.4, -0.2) is 36.1 Å². The van der Waals surface area contributed by atoms with Crippen molar-refractivity contribution in [2.75, 3.05) is 36.0 Å². The third-order valence-electron chi connectivity index (χ3n) is 6.18. The number of furan rings is 1. The molecule has 3 aromatic carbocycles. The molecule has 0 unspecified atom stereocenters. The maximum absolute atomic E-state index is 6.27. The monoisotopic (exact) mass is 456 g/mol. The Hall–Kier alpha value is -3.57. The van der Waals surface area contributed by atoms with E-state index in [9.17, 15) is 0 Å². The Bertz CT molecular complexity index is 1410. The molecular weight excluding hydrogens is 432 g/mol. The molecule has 5 aromatic rings. The highest BCUT2D eigenvalue weighted by atomic mass is 35.5. The van der Waals surface area contributed by atoms with E-state index >= 15 is 0 Å². The number of aryl methyl sites for hydroxylation is 1. The molecule has 1 aliphatic heterocycles. The van der Waals surface area contributed by atoms with Crippen LogP contribution in [0.5, 0.6) is 0 Å². The molecule has 1 fully saturated rings. The minimum Gasteiger partial charge on any atom is -0.450 e. The van der Waals surface area contributed by atoms with Crippen molar-refractivity contribution in [1.29, 1.82) is 0 Å². The van der Waals surface area contributed by atoms with Crippen molar-refractivity contribution in [3.05, 3.63) is 84.4 Å². The van der Waals surface area contributed by atoms with Gasteiger partial charge in [0, 0.05) is 42.8 Å². The number of hydrogen-bond donors (Lipinski definition) is 0. The number of nitrogens with zero attached hydrogens (tertiary/aromatic N) is 4. The van der Waals surface area contributed by atoms with Crippen molar-refractivity contribution >= 4 is 46.0 Å². The van der Waals surface area contributed by atoms with Gasteiger partial charge in [-0.05, 0) is 36.8 Å². The highest BCUT2D eigenvalue weighted by molar-refractivity contribution is 6.06. The smallest absolute Gasteiger partial charge is 0.196 e. The van der Waals surface area contributed by atoms with Crippen LogP contribution >= 0.6 is 12.4 Å². The number of benzene rings is 3. The summed E-state index contributed by atoms with van der Waals surface area (Å²) in [5, 5.41) is 1.03. The predicted octanol–water partition coefficient (Wildman–Crippen LogP) is 6.10. The molecule has 3 heterocycles. The molecule has 0 atom stereocenters. The fourth-order valence-corrected chi connectivity index (χ4v) is 4.51. The van der Waals surface area contributed by atoms with E-state index in [2.05, 4.69) is 59.2 Å². The average Bonchev–Trinajstić information content (AvgIpc) is 3.23. The molecule has 0 aliphatic carbocycles. The highest BCUT2D eigenvalue weighted by Gasteiger charge is 2.24. The first-order valence-electron chi connectivity index (χ1n) is 11.1. The summed E-state index contributed by atoms with van der Waals surface area (Å²) in [5.41, 5.74) is 6.09. The van der Waals surface area contributed by atoms with Crippen LogP contribution in [0.15, 0.2) is 83.3 Å². The van der Waals surface area contributed by atoms with Gasteiger partial charge in [-0.3, -0.25) is 0 Å². The van der Waals surface area contributed by atoms with Gasteiger partial charge in [0.25, 0.3) is 0 Å². The Morgan fingerprint density at radius 2 is 1.48 bits per heavy atom. The quantitative estimate of drug-likeness (QED) is 0.328. The summed E-state index contributed by atoms with van der Waals surface area (Å²) in [5.74, 6) is 1.62. The minimum atomic E-state index is 0. The second-order valence-corrected chi connectivity index (χ2v) is 8.33. The van der Waals surface area contributed by atoms with Gasteiger partial charge in [0.05, 0.1) is 0 Å². The first-order valence-corrected chi connectivity index (χ1v) is 11.1. The molecule has 1 aliphatic rings. The van der Waals surface area contributed by atoms with Crippen molar-refractivity contribution in [1.82, 2.24) is 9.97 Å². The van der Waals surface area contributed by atoms with Crippen LogP contribution in [-0.2, 0) is 0 Å². The Labute approximate surface area is 199 Å². The maximum atomic E-state index is 6.27. The van der Waals surface area contributed by atoms with Crippen molar-refractivity contribution in [3.63, 3.8) is 0 Å². The summed E-state index contributed by atoms with van der Waals surface area (Å²) in [7, 11) is 0. The van der Waals surface area contributed by atoms with Gasteiger partial charge in [-0.2, -0.15) is 0 Å². The van der Waals surface area contributed by atoms with Crippen LogP contribution in [0.4, 0.5) is 11.5 Å². The Balaban J connectivity index is 0.00000228. The van der Waals surface area contributed by atoms with Gasteiger partial charge in [-0.25, -0.2) is 9.97 Å². The molecule has 5 nitrogen and oxygen atoms in total. The number of halogens is 1. The van der Waals surface area contributed by atoms with E-state index in [1.54, 1.807) is 0 Å². The zero-order chi connectivity index (χ0) is 21.5. The second kappa shape index (κ2) is 8.75. The van der Waals surface area contributed by atoms with Crippen LogP contribution in [0, 0.1) is 6.92 Å². The van der Waals surface area contributed by atoms with E-state index in [-0.39, 0.29) is 12.4 Å². The molecule has 1 saturated heterocycles. The summed E-state index contributed by atoms with van der Waals surface area (Å²) < 4.78 is 6.27. The van der Waals surface area contributed by atoms with Crippen molar-refractivity contribution in [3.8, 4) is 11.4 Å². The number of hydrogen-bond acceptors (Lipinski definition) is 5. The molecular formula is C27H25ClN4O. The lowest BCUT2D eigenvalue weighted by atomic mass is 10.1. The lowest BCUT2D eigenvalue weighted by molar-refractivity contribution is 0.629. The minimum absolute atomic E-state index is 0. The van der Waals surface area contributed by atoms with E-state index in [0.717, 1.165) is 65.5 Å². The van der Waals surface area contributed by atoms with Gasteiger partial charge in [0.2, 0.25) is 0 Å². The molecule has 2 aromatic heterocycles.